The lowest BCUT2D eigenvalue weighted by Crippen LogP contribution is -2.31. The van der Waals surface area contributed by atoms with Gasteiger partial charge in [0.25, 0.3) is 5.91 Å². The summed E-state index contributed by atoms with van der Waals surface area (Å²) in [5.74, 6) is -0.970. The number of rotatable bonds is 4. The van der Waals surface area contributed by atoms with E-state index in [0.29, 0.717) is 11.3 Å². The van der Waals surface area contributed by atoms with Crippen LogP contribution in [0.25, 0.3) is 0 Å². The Hall–Kier alpha value is -2.89. The zero-order valence-corrected chi connectivity index (χ0v) is 15.9. The normalized spacial score (nSPS) is 11.8. The van der Waals surface area contributed by atoms with Crippen molar-refractivity contribution >= 4 is 17.6 Å². The van der Waals surface area contributed by atoms with Crippen molar-refractivity contribution in [2.75, 3.05) is 5.32 Å². The average molecular weight is 357 g/mol. The van der Waals surface area contributed by atoms with E-state index in [1.165, 1.54) is 19.9 Å². The number of benzene rings is 1. The summed E-state index contributed by atoms with van der Waals surface area (Å²) >= 11 is 0. The Balaban J connectivity index is 2.15. The molecule has 6 nitrogen and oxygen atoms in total. The van der Waals surface area contributed by atoms with E-state index in [1.54, 1.807) is 6.92 Å². The van der Waals surface area contributed by atoms with Gasteiger partial charge in [0.2, 0.25) is 0 Å². The molecule has 1 heterocycles. The average Bonchev–Trinajstić information content (AvgIpc) is 2.49. The lowest BCUT2D eigenvalue weighted by atomic mass is 10.0. The van der Waals surface area contributed by atoms with Gasteiger partial charge in [0.15, 0.2) is 6.10 Å². The maximum Gasteiger partial charge on any atom is 0.342 e. The standard InChI is InChI=1S/C20H23NO5/c1-10-7-12(3)18(13(4)8-10)21-19(23)15(6)26-20(24)17-11(2)9-16(22)25-14(17)5/h7-9,15H,1-6H3,(H,21,23). The van der Waals surface area contributed by atoms with Gasteiger partial charge in [-0.15, -0.1) is 0 Å². The number of ether oxygens (including phenoxy) is 1. The number of hydrogen-bond donors (Lipinski definition) is 1. The summed E-state index contributed by atoms with van der Waals surface area (Å²) in [5, 5.41) is 2.81. The number of amides is 1. The number of carbonyl (C=O) groups excluding carboxylic acids is 2. The lowest BCUT2D eigenvalue weighted by molar-refractivity contribution is -0.123. The molecule has 1 atom stereocenters. The fourth-order valence-corrected chi connectivity index (χ4v) is 2.94. The van der Waals surface area contributed by atoms with Crippen molar-refractivity contribution in [3.05, 3.63) is 62.2 Å². The maximum absolute atomic E-state index is 12.4. The highest BCUT2D eigenvalue weighted by molar-refractivity contribution is 5.98. The van der Waals surface area contributed by atoms with E-state index in [-0.39, 0.29) is 11.3 Å². The van der Waals surface area contributed by atoms with Crippen molar-refractivity contribution in [2.45, 2.75) is 47.6 Å². The number of hydrogen-bond acceptors (Lipinski definition) is 5. The van der Waals surface area contributed by atoms with Crippen LogP contribution in [0.15, 0.2) is 27.4 Å². The Morgan fingerprint density at radius 1 is 1.00 bits per heavy atom. The third kappa shape index (κ3) is 4.20. The fraction of sp³-hybridized carbons (Fsp3) is 0.350. The van der Waals surface area contributed by atoms with Crippen LogP contribution in [0.1, 0.15) is 45.3 Å². The molecule has 1 aromatic carbocycles. The van der Waals surface area contributed by atoms with Gasteiger partial charge >= 0.3 is 11.6 Å². The minimum Gasteiger partial charge on any atom is -0.449 e. The Morgan fingerprint density at radius 2 is 1.58 bits per heavy atom. The first kappa shape index (κ1) is 19.4. The summed E-state index contributed by atoms with van der Waals surface area (Å²) < 4.78 is 10.2. The molecule has 0 aliphatic heterocycles. The van der Waals surface area contributed by atoms with Gasteiger partial charge in [-0.1, -0.05) is 17.7 Å². The van der Waals surface area contributed by atoms with Crippen LogP contribution in [0.5, 0.6) is 0 Å². The molecule has 1 unspecified atom stereocenters. The summed E-state index contributed by atoms with van der Waals surface area (Å²) in [6.45, 7) is 10.4. The number of carbonyl (C=O) groups is 2. The molecule has 2 aromatic rings. The molecule has 0 fully saturated rings. The molecular weight excluding hydrogens is 334 g/mol. The molecule has 6 heteroatoms. The molecule has 138 valence electrons. The molecule has 0 bridgehead atoms. The van der Waals surface area contributed by atoms with E-state index in [4.69, 9.17) is 9.15 Å². The van der Waals surface area contributed by atoms with Gasteiger partial charge < -0.3 is 14.5 Å². The van der Waals surface area contributed by atoms with E-state index in [0.717, 1.165) is 16.7 Å². The van der Waals surface area contributed by atoms with Gasteiger partial charge in [0.1, 0.15) is 11.3 Å². The fourth-order valence-electron chi connectivity index (χ4n) is 2.94. The van der Waals surface area contributed by atoms with Gasteiger partial charge in [0, 0.05) is 11.8 Å². The SMILES string of the molecule is Cc1cc(C)c(NC(=O)C(C)OC(=O)c2c(C)cc(=O)oc2C)c(C)c1. The first-order chi connectivity index (χ1) is 12.1. The van der Waals surface area contributed by atoms with Crippen LogP contribution in [-0.2, 0) is 9.53 Å². The predicted molar refractivity (Wildman–Crippen MR) is 98.6 cm³/mol. The molecule has 1 N–H and O–H groups in total. The summed E-state index contributed by atoms with van der Waals surface area (Å²) in [7, 11) is 0. The third-order valence-electron chi connectivity index (χ3n) is 4.12. The number of nitrogens with one attached hydrogen (secondary N) is 1. The van der Waals surface area contributed by atoms with Crippen molar-refractivity contribution in [1.82, 2.24) is 0 Å². The van der Waals surface area contributed by atoms with Gasteiger partial charge in [-0.3, -0.25) is 4.79 Å². The largest absolute Gasteiger partial charge is 0.449 e. The molecular formula is C20H23NO5. The second-order valence-electron chi connectivity index (χ2n) is 6.49. The Bertz CT molecular complexity index is 877. The van der Waals surface area contributed by atoms with Crippen LogP contribution in [0.4, 0.5) is 5.69 Å². The number of esters is 1. The maximum atomic E-state index is 12.4. The van der Waals surface area contributed by atoms with Crippen molar-refractivity contribution in [1.29, 1.82) is 0 Å². The van der Waals surface area contributed by atoms with Crippen LogP contribution in [0.3, 0.4) is 0 Å². The monoisotopic (exact) mass is 357 g/mol. The lowest BCUT2D eigenvalue weighted by Gasteiger charge is -2.17. The molecule has 2 rings (SSSR count). The van der Waals surface area contributed by atoms with Gasteiger partial charge in [-0.2, -0.15) is 0 Å². The molecule has 0 aliphatic rings. The Labute approximate surface area is 152 Å². The highest BCUT2D eigenvalue weighted by Crippen LogP contribution is 2.22. The number of anilines is 1. The first-order valence-corrected chi connectivity index (χ1v) is 8.31. The topological polar surface area (TPSA) is 85.6 Å². The Kier molecular flexibility index (Phi) is 5.65. The van der Waals surface area contributed by atoms with Crippen molar-refractivity contribution < 1.29 is 18.7 Å². The van der Waals surface area contributed by atoms with E-state index in [9.17, 15) is 14.4 Å². The van der Waals surface area contributed by atoms with E-state index >= 15 is 0 Å². The van der Waals surface area contributed by atoms with Crippen LogP contribution < -0.4 is 10.9 Å². The molecule has 26 heavy (non-hydrogen) atoms. The Morgan fingerprint density at radius 3 is 2.12 bits per heavy atom. The summed E-state index contributed by atoms with van der Waals surface area (Å²) in [5.41, 5.74) is 3.76. The molecule has 0 saturated heterocycles. The van der Waals surface area contributed by atoms with Crippen molar-refractivity contribution in [2.24, 2.45) is 0 Å². The zero-order valence-electron chi connectivity index (χ0n) is 15.9. The van der Waals surface area contributed by atoms with Gasteiger partial charge in [-0.25, -0.2) is 9.59 Å². The summed E-state index contributed by atoms with van der Waals surface area (Å²) in [6.07, 6.45) is -1.01. The second-order valence-corrected chi connectivity index (χ2v) is 6.49. The smallest absolute Gasteiger partial charge is 0.342 e. The van der Waals surface area contributed by atoms with Gasteiger partial charge in [-0.05, 0) is 58.2 Å². The second kappa shape index (κ2) is 7.56. The van der Waals surface area contributed by atoms with Crippen LogP contribution in [0.2, 0.25) is 0 Å². The molecule has 0 spiro atoms. The molecule has 0 radical (unpaired) electrons. The molecule has 0 aliphatic carbocycles. The van der Waals surface area contributed by atoms with Crippen LogP contribution in [0, 0.1) is 34.6 Å². The van der Waals surface area contributed by atoms with Crippen LogP contribution in [-0.4, -0.2) is 18.0 Å². The van der Waals surface area contributed by atoms with E-state index < -0.39 is 23.6 Å². The first-order valence-electron chi connectivity index (χ1n) is 8.31. The molecule has 1 aromatic heterocycles. The molecule has 1 amide bonds. The van der Waals surface area contributed by atoms with Gasteiger partial charge in [0.05, 0.1) is 0 Å². The third-order valence-corrected chi connectivity index (χ3v) is 4.12. The van der Waals surface area contributed by atoms with E-state index in [1.807, 2.05) is 32.9 Å². The highest BCUT2D eigenvalue weighted by Gasteiger charge is 2.23. The summed E-state index contributed by atoms with van der Waals surface area (Å²) in [6, 6.07) is 5.16. The minimum atomic E-state index is -1.01. The molecule has 0 saturated carbocycles. The van der Waals surface area contributed by atoms with Crippen molar-refractivity contribution in [3.8, 4) is 0 Å². The zero-order chi connectivity index (χ0) is 19.6. The number of aryl methyl sites for hydroxylation is 5. The summed E-state index contributed by atoms with van der Waals surface area (Å²) in [4.78, 5) is 36.1. The quantitative estimate of drug-likeness (QED) is 0.848. The van der Waals surface area contributed by atoms with E-state index in [2.05, 4.69) is 5.32 Å². The highest BCUT2D eigenvalue weighted by atomic mass is 16.5. The predicted octanol–water partition coefficient (Wildman–Crippen LogP) is 3.37. The minimum absolute atomic E-state index is 0.159. The van der Waals surface area contributed by atoms with Crippen molar-refractivity contribution in [3.63, 3.8) is 0 Å². The van der Waals surface area contributed by atoms with Crippen LogP contribution >= 0.6 is 0 Å².